The standard InChI is InChI=1S/C17H17FN2O5/c1-11-2-3-12(8-16(11)20(23)24)17(22)19-9-14(21)10-25-15-6-4-13(18)5-7-15/h2-8,14,21H,9-10H2,1H3,(H,19,22). The maximum Gasteiger partial charge on any atom is 0.273 e. The molecule has 1 unspecified atom stereocenters. The lowest BCUT2D eigenvalue weighted by atomic mass is 10.1. The highest BCUT2D eigenvalue weighted by atomic mass is 19.1. The number of nitrogens with one attached hydrogen (secondary N) is 1. The number of amides is 1. The molecule has 0 bridgehead atoms. The zero-order valence-corrected chi connectivity index (χ0v) is 13.4. The summed E-state index contributed by atoms with van der Waals surface area (Å²) in [5, 5.41) is 23.2. The summed E-state index contributed by atoms with van der Waals surface area (Å²) < 4.78 is 18.0. The number of hydrogen-bond donors (Lipinski definition) is 2. The molecule has 0 saturated carbocycles. The van der Waals surface area contributed by atoms with Crippen molar-refractivity contribution in [2.45, 2.75) is 13.0 Å². The van der Waals surface area contributed by atoms with Gasteiger partial charge in [-0.1, -0.05) is 6.07 Å². The molecule has 2 aromatic carbocycles. The van der Waals surface area contributed by atoms with Gasteiger partial charge in [0, 0.05) is 23.7 Å². The zero-order valence-electron chi connectivity index (χ0n) is 13.4. The monoisotopic (exact) mass is 348 g/mol. The first-order valence-corrected chi connectivity index (χ1v) is 7.46. The van der Waals surface area contributed by atoms with Crippen molar-refractivity contribution in [1.82, 2.24) is 5.32 Å². The first-order valence-electron chi connectivity index (χ1n) is 7.46. The van der Waals surface area contributed by atoms with E-state index in [2.05, 4.69) is 5.32 Å². The van der Waals surface area contributed by atoms with Crippen LogP contribution in [0.4, 0.5) is 10.1 Å². The number of benzene rings is 2. The molecule has 25 heavy (non-hydrogen) atoms. The van der Waals surface area contributed by atoms with Crippen LogP contribution in [0, 0.1) is 22.9 Å². The minimum Gasteiger partial charge on any atom is -0.491 e. The summed E-state index contributed by atoms with van der Waals surface area (Å²) in [5.74, 6) is -0.544. The van der Waals surface area contributed by atoms with E-state index in [1.165, 1.54) is 42.5 Å². The molecule has 8 heteroatoms. The molecular weight excluding hydrogens is 331 g/mol. The van der Waals surface area contributed by atoms with Crippen molar-refractivity contribution >= 4 is 11.6 Å². The summed E-state index contributed by atoms with van der Waals surface area (Å²) in [6.07, 6.45) is -0.991. The van der Waals surface area contributed by atoms with Crippen LogP contribution in [0.25, 0.3) is 0 Å². The van der Waals surface area contributed by atoms with Crippen LogP contribution in [0.3, 0.4) is 0 Å². The largest absolute Gasteiger partial charge is 0.491 e. The van der Waals surface area contributed by atoms with Crippen molar-refractivity contribution in [2.75, 3.05) is 13.2 Å². The molecule has 0 radical (unpaired) electrons. The van der Waals surface area contributed by atoms with E-state index in [0.29, 0.717) is 11.3 Å². The topological polar surface area (TPSA) is 102 Å². The van der Waals surface area contributed by atoms with Gasteiger partial charge in [-0.3, -0.25) is 14.9 Å². The third-order valence-corrected chi connectivity index (χ3v) is 3.42. The van der Waals surface area contributed by atoms with Crippen LogP contribution in [0.5, 0.6) is 5.75 Å². The lowest BCUT2D eigenvalue weighted by Gasteiger charge is -2.13. The Hall–Kier alpha value is -3.00. The molecule has 2 rings (SSSR count). The predicted octanol–water partition coefficient (Wildman–Crippen LogP) is 2.21. The summed E-state index contributed by atoms with van der Waals surface area (Å²) in [6, 6.07) is 9.45. The second-order valence-electron chi connectivity index (χ2n) is 5.39. The highest BCUT2D eigenvalue weighted by Gasteiger charge is 2.16. The Morgan fingerprint density at radius 3 is 2.64 bits per heavy atom. The van der Waals surface area contributed by atoms with Crippen molar-refractivity contribution < 1.29 is 24.0 Å². The summed E-state index contributed by atoms with van der Waals surface area (Å²) in [5.41, 5.74) is 0.436. The number of aliphatic hydroxyl groups is 1. The van der Waals surface area contributed by atoms with Crippen molar-refractivity contribution in [3.8, 4) is 5.75 Å². The molecule has 2 N–H and O–H groups in total. The Balaban J connectivity index is 1.85. The third-order valence-electron chi connectivity index (χ3n) is 3.42. The Bertz CT molecular complexity index is 764. The van der Waals surface area contributed by atoms with Crippen LogP contribution < -0.4 is 10.1 Å². The normalized spacial score (nSPS) is 11.6. The molecule has 132 valence electrons. The molecule has 0 spiro atoms. The van der Waals surface area contributed by atoms with Gasteiger partial charge in [-0.2, -0.15) is 0 Å². The van der Waals surface area contributed by atoms with Gasteiger partial charge >= 0.3 is 0 Å². The average molecular weight is 348 g/mol. The quantitative estimate of drug-likeness (QED) is 0.590. The lowest BCUT2D eigenvalue weighted by Crippen LogP contribution is -2.35. The Morgan fingerprint density at radius 1 is 1.32 bits per heavy atom. The Morgan fingerprint density at radius 2 is 2.00 bits per heavy atom. The second-order valence-corrected chi connectivity index (χ2v) is 5.39. The Kier molecular flexibility index (Phi) is 6.02. The first-order chi connectivity index (χ1) is 11.9. The molecular formula is C17H17FN2O5. The maximum absolute atomic E-state index is 12.8. The number of halogens is 1. The van der Waals surface area contributed by atoms with Gasteiger partial charge in [-0.25, -0.2) is 4.39 Å². The van der Waals surface area contributed by atoms with Gasteiger partial charge in [0.15, 0.2) is 0 Å². The average Bonchev–Trinajstić information content (AvgIpc) is 2.59. The smallest absolute Gasteiger partial charge is 0.273 e. The number of rotatable bonds is 7. The fourth-order valence-electron chi connectivity index (χ4n) is 2.04. The SMILES string of the molecule is Cc1ccc(C(=O)NCC(O)COc2ccc(F)cc2)cc1[N+](=O)[O-]. The third kappa shape index (κ3) is 5.25. The number of aliphatic hydroxyl groups excluding tert-OH is 1. The van der Waals surface area contributed by atoms with Gasteiger partial charge < -0.3 is 15.2 Å². The van der Waals surface area contributed by atoms with Crippen LogP contribution in [-0.4, -0.2) is 35.2 Å². The van der Waals surface area contributed by atoms with Crippen LogP contribution in [0.15, 0.2) is 42.5 Å². The fourth-order valence-corrected chi connectivity index (χ4v) is 2.04. The van der Waals surface area contributed by atoms with E-state index in [1.54, 1.807) is 6.92 Å². The van der Waals surface area contributed by atoms with Crippen molar-refractivity contribution in [2.24, 2.45) is 0 Å². The minimum absolute atomic E-state index is 0.0955. The molecule has 1 amide bonds. The molecule has 0 aliphatic carbocycles. The molecule has 0 fully saturated rings. The molecule has 0 heterocycles. The molecule has 0 aliphatic heterocycles. The molecule has 0 saturated heterocycles. The van der Waals surface area contributed by atoms with Crippen molar-refractivity contribution in [3.05, 3.63) is 69.5 Å². The van der Waals surface area contributed by atoms with Crippen molar-refractivity contribution in [1.29, 1.82) is 0 Å². The first kappa shape index (κ1) is 18.3. The van der Waals surface area contributed by atoms with Gasteiger partial charge in [0.2, 0.25) is 0 Å². The number of carbonyl (C=O) groups excluding carboxylic acids is 1. The van der Waals surface area contributed by atoms with Gasteiger partial charge in [0.05, 0.1) is 4.92 Å². The number of nitro benzene ring substituents is 1. The summed E-state index contributed by atoms with van der Waals surface area (Å²) >= 11 is 0. The molecule has 2 aromatic rings. The predicted molar refractivity (Wildman–Crippen MR) is 88.1 cm³/mol. The Labute approximate surface area is 143 Å². The highest BCUT2D eigenvalue weighted by Crippen LogP contribution is 2.19. The van der Waals surface area contributed by atoms with E-state index in [4.69, 9.17) is 4.74 Å². The van der Waals surface area contributed by atoms with E-state index < -0.39 is 22.8 Å². The fraction of sp³-hybridized carbons (Fsp3) is 0.235. The van der Waals surface area contributed by atoms with Gasteiger partial charge in [-0.15, -0.1) is 0 Å². The molecule has 0 aromatic heterocycles. The van der Waals surface area contributed by atoms with Gasteiger partial charge in [0.25, 0.3) is 11.6 Å². The summed E-state index contributed by atoms with van der Waals surface area (Å²) in [7, 11) is 0. The summed E-state index contributed by atoms with van der Waals surface area (Å²) in [4.78, 5) is 22.4. The van der Waals surface area contributed by atoms with E-state index in [9.17, 15) is 24.4 Å². The van der Waals surface area contributed by atoms with Gasteiger partial charge in [-0.05, 0) is 37.3 Å². The number of nitro groups is 1. The van der Waals surface area contributed by atoms with Crippen molar-refractivity contribution in [3.63, 3.8) is 0 Å². The van der Waals surface area contributed by atoms with Gasteiger partial charge in [0.1, 0.15) is 24.3 Å². The van der Waals surface area contributed by atoms with E-state index in [0.717, 1.165) is 0 Å². The lowest BCUT2D eigenvalue weighted by molar-refractivity contribution is -0.385. The zero-order chi connectivity index (χ0) is 18.4. The van der Waals surface area contributed by atoms with Crippen LogP contribution in [-0.2, 0) is 0 Å². The molecule has 7 nitrogen and oxygen atoms in total. The summed E-state index contributed by atoms with van der Waals surface area (Å²) in [6.45, 7) is 1.39. The number of hydrogen-bond acceptors (Lipinski definition) is 5. The minimum atomic E-state index is -0.991. The van der Waals surface area contributed by atoms with Crippen LogP contribution in [0.1, 0.15) is 15.9 Å². The van der Waals surface area contributed by atoms with Crippen LogP contribution >= 0.6 is 0 Å². The van der Waals surface area contributed by atoms with E-state index in [-0.39, 0.29) is 24.4 Å². The number of aryl methyl sites for hydroxylation is 1. The highest BCUT2D eigenvalue weighted by molar-refractivity contribution is 5.95. The van der Waals surface area contributed by atoms with E-state index in [1.807, 2.05) is 0 Å². The van der Waals surface area contributed by atoms with E-state index >= 15 is 0 Å². The number of ether oxygens (including phenoxy) is 1. The number of nitrogens with zero attached hydrogens (tertiary/aromatic N) is 1. The molecule has 1 atom stereocenters. The second kappa shape index (κ2) is 8.20. The van der Waals surface area contributed by atoms with Crippen LogP contribution in [0.2, 0.25) is 0 Å². The molecule has 0 aliphatic rings. The number of carbonyl (C=O) groups is 1. The maximum atomic E-state index is 12.8.